The molecule has 1 heterocycles. The number of halogens is 3. The minimum absolute atomic E-state index is 0.00412. The molecule has 13 heteroatoms. The van der Waals surface area contributed by atoms with Crippen molar-refractivity contribution >= 4 is 25.6 Å². The van der Waals surface area contributed by atoms with Gasteiger partial charge in [-0.1, -0.05) is 81.4 Å². The van der Waals surface area contributed by atoms with Gasteiger partial charge in [-0.2, -0.15) is 13.2 Å². The van der Waals surface area contributed by atoms with E-state index in [1.807, 2.05) is 94.5 Å². The maximum atomic E-state index is 15.6. The first-order valence-electron chi connectivity index (χ1n) is 18.3. The lowest BCUT2D eigenvalue weighted by atomic mass is 9.57. The molecule has 0 amide bonds. The summed E-state index contributed by atoms with van der Waals surface area (Å²) in [6.45, 7) is 9.89. The van der Waals surface area contributed by atoms with Gasteiger partial charge >= 0.3 is 6.18 Å². The Balaban J connectivity index is 1.42. The largest absolute Gasteiger partial charge is 0.507 e. The van der Waals surface area contributed by atoms with Crippen LogP contribution in [0.1, 0.15) is 77.2 Å². The van der Waals surface area contributed by atoms with Crippen molar-refractivity contribution in [2.24, 2.45) is 11.8 Å². The van der Waals surface area contributed by atoms with Crippen LogP contribution in [-0.2, 0) is 35.0 Å². The first-order chi connectivity index (χ1) is 25.9. The number of aliphatic hydroxyl groups is 1. The highest BCUT2D eigenvalue weighted by Crippen LogP contribution is 2.59. The summed E-state index contributed by atoms with van der Waals surface area (Å²) in [5.74, 6) is -3.87. The summed E-state index contributed by atoms with van der Waals surface area (Å²) < 4.78 is 69.2. The molecule has 0 spiro atoms. The van der Waals surface area contributed by atoms with Crippen LogP contribution in [0.15, 0.2) is 82.9 Å². The Labute approximate surface area is 319 Å². The topological polar surface area (TPSA) is 111 Å². The number of ether oxygens (including phenoxy) is 2. The third-order valence-electron chi connectivity index (χ3n) is 11.7. The average Bonchev–Trinajstić information content (AvgIpc) is 3.54. The average molecular weight is 775 g/mol. The van der Waals surface area contributed by atoms with Crippen molar-refractivity contribution in [3.8, 4) is 11.6 Å². The van der Waals surface area contributed by atoms with E-state index in [-0.39, 0.29) is 65.7 Å². The van der Waals surface area contributed by atoms with Gasteiger partial charge in [-0.15, -0.1) is 0 Å². The quantitative estimate of drug-likeness (QED) is 0.132. The zero-order chi connectivity index (χ0) is 39.7. The number of carbonyl (C=O) groups is 2. The normalized spacial score (nSPS) is 22.6. The fraction of sp³-hybridized carbons (Fsp3) is 0.405. The number of hydrogen-bond donors (Lipinski definition) is 1. The van der Waals surface area contributed by atoms with Gasteiger partial charge in [0.15, 0.2) is 19.7 Å². The summed E-state index contributed by atoms with van der Waals surface area (Å²) in [5, 5.41) is 15.9. The first kappa shape index (κ1) is 38.5. The molecule has 0 aliphatic heterocycles. The number of ketones is 2. The van der Waals surface area contributed by atoms with E-state index >= 15 is 9.59 Å². The number of aliphatic hydroxyl groups excluding tert-OH is 1. The molecule has 0 saturated heterocycles. The molecular formula is C42H45F3N2O7Si. The van der Waals surface area contributed by atoms with Crippen molar-refractivity contribution in [1.29, 1.82) is 0 Å². The molecule has 3 aliphatic rings. The van der Waals surface area contributed by atoms with Gasteiger partial charge in [0.1, 0.15) is 30.3 Å². The SMILES string of the molecule is CN(C)[C@@H]1c2onc(OCc3ccccc3)c2C(=O)[C@@]2(O[Si](C)(C)C(C)(C)C)C(=O)C3=C(O)c4c(OCc5ccccc5)ccc(C(F)(F)F)c4C[C@H]3C[C@@H]12. The second-order valence-corrected chi connectivity index (χ2v) is 21.1. The molecule has 4 atom stereocenters. The summed E-state index contributed by atoms with van der Waals surface area (Å²) in [7, 11) is 0.526. The van der Waals surface area contributed by atoms with Gasteiger partial charge in [0.05, 0.1) is 17.2 Å². The molecule has 3 aliphatic carbocycles. The summed E-state index contributed by atoms with van der Waals surface area (Å²) >= 11 is 0. The lowest BCUT2D eigenvalue weighted by molar-refractivity contribution is -0.140. The number of benzene rings is 3. The van der Waals surface area contributed by atoms with Crippen LogP contribution in [0.4, 0.5) is 13.2 Å². The monoisotopic (exact) mass is 774 g/mol. The van der Waals surface area contributed by atoms with Crippen molar-refractivity contribution in [2.45, 2.75) is 82.8 Å². The summed E-state index contributed by atoms with van der Waals surface area (Å²) in [4.78, 5) is 32.8. The molecule has 0 radical (unpaired) electrons. The molecule has 55 heavy (non-hydrogen) atoms. The van der Waals surface area contributed by atoms with E-state index in [1.54, 1.807) is 19.0 Å². The Morgan fingerprint density at radius 1 is 0.891 bits per heavy atom. The molecule has 3 aromatic carbocycles. The third-order valence-corrected chi connectivity index (χ3v) is 16.2. The van der Waals surface area contributed by atoms with E-state index < -0.39 is 65.9 Å². The van der Waals surface area contributed by atoms with Crippen molar-refractivity contribution in [3.63, 3.8) is 0 Å². The Morgan fingerprint density at radius 2 is 1.49 bits per heavy atom. The van der Waals surface area contributed by atoms with Gasteiger partial charge in [0, 0.05) is 11.5 Å². The number of Topliss-reactive ketones (excluding diaryl/α,β-unsaturated/α-hetero) is 2. The van der Waals surface area contributed by atoms with E-state index in [9.17, 15) is 18.3 Å². The van der Waals surface area contributed by atoms with E-state index in [2.05, 4.69) is 5.16 Å². The zero-order valence-electron chi connectivity index (χ0n) is 31.9. The Kier molecular flexibility index (Phi) is 9.66. The number of alkyl halides is 3. The van der Waals surface area contributed by atoms with Gasteiger partial charge in [-0.3, -0.25) is 14.5 Å². The summed E-state index contributed by atoms with van der Waals surface area (Å²) in [6.07, 6.45) is -4.96. The molecule has 1 saturated carbocycles. The van der Waals surface area contributed by atoms with Gasteiger partial charge < -0.3 is 23.5 Å². The van der Waals surface area contributed by atoms with Gasteiger partial charge in [-0.25, -0.2) is 0 Å². The molecule has 1 aromatic heterocycles. The molecule has 1 N–H and O–H groups in total. The van der Waals surface area contributed by atoms with Crippen molar-refractivity contribution in [1.82, 2.24) is 10.1 Å². The number of rotatable bonds is 9. The van der Waals surface area contributed by atoms with Crippen molar-refractivity contribution in [3.05, 3.63) is 118 Å². The molecule has 7 rings (SSSR count). The van der Waals surface area contributed by atoms with Crippen LogP contribution in [0.2, 0.25) is 18.1 Å². The van der Waals surface area contributed by atoms with Crippen molar-refractivity contribution < 1.29 is 46.3 Å². The predicted octanol–water partition coefficient (Wildman–Crippen LogP) is 9.14. The van der Waals surface area contributed by atoms with E-state index in [0.29, 0.717) is 0 Å². The molecular weight excluding hydrogens is 730 g/mol. The Morgan fingerprint density at radius 3 is 2.05 bits per heavy atom. The Bertz CT molecular complexity index is 2160. The number of carbonyl (C=O) groups excluding carboxylic acids is 2. The fourth-order valence-corrected chi connectivity index (χ4v) is 9.51. The minimum Gasteiger partial charge on any atom is -0.507 e. The molecule has 1 fully saturated rings. The smallest absolute Gasteiger partial charge is 0.416 e. The van der Waals surface area contributed by atoms with Crippen LogP contribution in [-0.4, -0.2) is 54.7 Å². The zero-order valence-corrected chi connectivity index (χ0v) is 32.9. The van der Waals surface area contributed by atoms with Crippen LogP contribution >= 0.6 is 0 Å². The third kappa shape index (κ3) is 6.49. The highest BCUT2D eigenvalue weighted by atomic mass is 28.4. The molecule has 290 valence electrons. The standard InChI is InChI=1S/C42H45F3N2O7Si/c1-40(2,3)55(6,7)54-41-29(34(47(4)5)36-33(38(41)50)39(46-53-36)52-23-25-16-12-9-13-17-25)21-26-20-27-28(42(43,44)45)18-19-30(32(27)35(48)31(26)37(41)49)51-22-24-14-10-8-11-15-24/h8-19,26,29,34,48H,20-23H2,1-7H3/t26-,29-,34-,41-/m0/s1. The van der Waals surface area contributed by atoms with Gasteiger partial charge in [0.25, 0.3) is 5.88 Å². The molecule has 4 aromatic rings. The summed E-state index contributed by atoms with van der Waals surface area (Å²) in [6, 6.07) is 19.7. The lowest BCUT2D eigenvalue weighted by Crippen LogP contribution is -2.68. The Hall–Kier alpha value is -4.72. The van der Waals surface area contributed by atoms with E-state index in [0.717, 1.165) is 17.2 Å². The minimum atomic E-state index is -4.76. The second-order valence-electron chi connectivity index (χ2n) is 16.4. The van der Waals surface area contributed by atoms with Crippen LogP contribution in [0.3, 0.4) is 0 Å². The number of hydrogen-bond acceptors (Lipinski definition) is 9. The lowest BCUT2D eigenvalue weighted by Gasteiger charge is -2.55. The van der Waals surface area contributed by atoms with Crippen molar-refractivity contribution in [2.75, 3.05) is 14.1 Å². The number of nitrogens with zero attached hydrogens (tertiary/aromatic N) is 2. The highest BCUT2D eigenvalue weighted by Gasteiger charge is 2.69. The number of fused-ring (bicyclic) bond motifs is 4. The molecule has 0 bridgehead atoms. The maximum Gasteiger partial charge on any atom is 0.416 e. The summed E-state index contributed by atoms with van der Waals surface area (Å²) in [5.41, 5.74) is -2.11. The maximum absolute atomic E-state index is 15.6. The van der Waals surface area contributed by atoms with Gasteiger partial charge in [0.2, 0.25) is 11.6 Å². The predicted molar refractivity (Wildman–Crippen MR) is 201 cm³/mol. The van der Waals surface area contributed by atoms with Crippen LogP contribution in [0.5, 0.6) is 11.6 Å². The number of aromatic nitrogens is 1. The van der Waals surface area contributed by atoms with E-state index in [4.69, 9.17) is 18.4 Å². The molecule has 9 nitrogen and oxygen atoms in total. The van der Waals surface area contributed by atoms with Crippen LogP contribution in [0, 0.1) is 11.8 Å². The second kappa shape index (κ2) is 13.8. The van der Waals surface area contributed by atoms with Gasteiger partial charge in [-0.05, 0) is 85.0 Å². The molecule has 0 unspecified atom stereocenters. The van der Waals surface area contributed by atoms with E-state index in [1.165, 1.54) is 6.07 Å². The van der Waals surface area contributed by atoms with Crippen LogP contribution in [0.25, 0.3) is 5.76 Å². The first-order valence-corrected chi connectivity index (χ1v) is 21.2. The van der Waals surface area contributed by atoms with Crippen LogP contribution < -0.4 is 9.47 Å². The highest BCUT2D eigenvalue weighted by molar-refractivity contribution is 6.74. The fourth-order valence-electron chi connectivity index (χ4n) is 8.06.